The summed E-state index contributed by atoms with van der Waals surface area (Å²) in [4.78, 5) is 57.3. The van der Waals surface area contributed by atoms with Gasteiger partial charge in [-0.3, -0.25) is 14.4 Å². The van der Waals surface area contributed by atoms with Crippen LogP contribution in [0.4, 0.5) is 0 Å². The summed E-state index contributed by atoms with van der Waals surface area (Å²) in [6.45, 7) is 14.6. The first-order chi connectivity index (χ1) is 21.7. The first-order valence-electron chi connectivity index (χ1n) is 18.4. The lowest BCUT2D eigenvalue weighted by Gasteiger charge is -2.49. The van der Waals surface area contributed by atoms with Crippen LogP contribution in [0.25, 0.3) is 0 Å². The van der Waals surface area contributed by atoms with E-state index in [0.29, 0.717) is 44.9 Å². The molecule has 0 heterocycles. The molecule has 0 N–H and O–H groups in total. The highest BCUT2D eigenvalue weighted by molar-refractivity contribution is 5.97. The maximum Gasteiger partial charge on any atom is 0.352 e. The third-order valence-electron chi connectivity index (χ3n) is 8.62. The summed E-state index contributed by atoms with van der Waals surface area (Å²) >= 11 is 0. The van der Waals surface area contributed by atoms with Crippen molar-refractivity contribution in [1.82, 2.24) is 0 Å². The Balaban J connectivity index is 7.68. The smallest absolute Gasteiger partial charge is 0.352 e. The molecule has 0 aromatic carbocycles. The van der Waals surface area contributed by atoms with Crippen molar-refractivity contribution in [2.75, 3.05) is 19.8 Å². The molecule has 0 radical (unpaired) electrons. The van der Waals surface area contributed by atoms with Gasteiger partial charge in [0.05, 0.1) is 19.8 Å². The molecular weight excluding hydrogens is 572 g/mol. The number of carbonyl (C=O) groups is 4. The van der Waals surface area contributed by atoms with Crippen molar-refractivity contribution >= 4 is 23.9 Å². The molecule has 2 unspecified atom stereocenters. The predicted molar refractivity (Wildman–Crippen MR) is 180 cm³/mol. The Morgan fingerprint density at radius 2 is 0.956 bits per heavy atom. The number of ether oxygens (including phenoxy) is 4. The van der Waals surface area contributed by atoms with Crippen molar-refractivity contribution in [3.8, 4) is 0 Å². The fourth-order valence-electron chi connectivity index (χ4n) is 5.93. The highest BCUT2D eigenvalue weighted by atomic mass is 16.6. The molecule has 0 saturated carbocycles. The van der Waals surface area contributed by atoms with Gasteiger partial charge in [0, 0.05) is 6.42 Å². The van der Waals surface area contributed by atoms with Crippen LogP contribution < -0.4 is 0 Å². The topological polar surface area (TPSA) is 105 Å². The Morgan fingerprint density at radius 3 is 1.40 bits per heavy atom. The molecule has 0 spiro atoms. The maximum absolute atomic E-state index is 14.8. The van der Waals surface area contributed by atoms with Gasteiger partial charge in [-0.2, -0.15) is 0 Å². The molecule has 0 aromatic heterocycles. The quantitative estimate of drug-likeness (QED) is 0.0452. The molecular formula is C37H68O8. The second-order valence-electron chi connectivity index (χ2n) is 12.5. The normalized spacial score (nSPS) is 13.5. The lowest BCUT2D eigenvalue weighted by atomic mass is 9.59. The number of hydrogen-bond donors (Lipinski definition) is 0. The van der Waals surface area contributed by atoms with Crippen LogP contribution in [-0.4, -0.2) is 49.3 Å². The van der Waals surface area contributed by atoms with Crippen molar-refractivity contribution < 1.29 is 38.1 Å². The minimum absolute atomic E-state index is 0.0418. The van der Waals surface area contributed by atoms with Crippen molar-refractivity contribution in [1.29, 1.82) is 0 Å². The highest BCUT2D eigenvalue weighted by Gasteiger charge is 2.70. The first-order valence-corrected chi connectivity index (χ1v) is 18.4. The average molecular weight is 641 g/mol. The third-order valence-corrected chi connectivity index (χ3v) is 8.62. The second-order valence-corrected chi connectivity index (χ2v) is 12.5. The summed E-state index contributed by atoms with van der Waals surface area (Å²) in [7, 11) is 0. The minimum atomic E-state index is -2.21. The molecule has 8 heteroatoms. The zero-order valence-electron chi connectivity index (χ0n) is 30.1. The van der Waals surface area contributed by atoms with E-state index < -0.39 is 40.8 Å². The number of rotatable bonds is 29. The zero-order valence-corrected chi connectivity index (χ0v) is 30.1. The van der Waals surface area contributed by atoms with Crippen molar-refractivity contribution in [2.24, 2.45) is 11.3 Å². The van der Waals surface area contributed by atoms with Gasteiger partial charge in [0.2, 0.25) is 5.60 Å². The van der Waals surface area contributed by atoms with E-state index in [9.17, 15) is 19.2 Å². The molecule has 0 aromatic rings. The molecule has 0 aliphatic heterocycles. The van der Waals surface area contributed by atoms with Gasteiger partial charge in [-0.15, -0.1) is 0 Å². The van der Waals surface area contributed by atoms with Crippen LogP contribution in [0, 0.1) is 11.3 Å². The van der Waals surface area contributed by atoms with Gasteiger partial charge < -0.3 is 18.9 Å². The van der Waals surface area contributed by atoms with E-state index in [0.717, 1.165) is 57.8 Å². The number of unbranched alkanes of at least 4 members (excludes halogenated alkanes) is 9. The molecule has 45 heavy (non-hydrogen) atoms. The summed E-state index contributed by atoms with van der Waals surface area (Å²) in [6, 6.07) is 0. The summed E-state index contributed by atoms with van der Waals surface area (Å²) in [5.74, 6) is -3.87. The lowest BCUT2D eigenvalue weighted by Crippen LogP contribution is -2.67. The van der Waals surface area contributed by atoms with Gasteiger partial charge in [0.1, 0.15) is 11.3 Å². The van der Waals surface area contributed by atoms with Crippen molar-refractivity contribution in [3.05, 3.63) is 0 Å². The lowest BCUT2D eigenvalue weighted by molar-refractivity contribution is -0.227. The molecule has 0 aliphatic rings. The molecule has 0 bridgehead atoms. The molecule has 0 aliphatic carbocycles. The molecule has 0 saturated heterocycles. The number of carbonyl (C=O) groups excluding carboxylic acids is 4. The van der Waals surface area contributed by atoms with E-state index in [2.05, 4.69) is 20.8 Å². The van der Waals surface area contributed by atoms with Crippen LogP contribution in [0.5, 0.6) is 0 Å². The van der Waals surface area contributed by atoms with Crippen molar-refractivity contribution in [3.63, 3.8) is 0 Å². The Hall–Kier alpha value is -2.12. The van der Waals surface area contributed by atoms with E-state index in [1.54, 1.807) is 0 Å². The van der Waals surface area contributed by atoms with Gasteiger partial charge in [0.25, 0.3) is 0 Å². The molecule has 0 fully saturated rings. The van der Waals surface area contributed by atoms with E-state index in [4.69, 9.17) is 18.9 Å². The third kappa shape index (κ3) is 14.0. The van der Waals surface area contributed by atoms with Crippen LogP contribution in [0.3, 0.4) is 0 Å². The Labute approximate surface area is 275 Å². The summed E-state index contributed by atoms with van der Waals surface area (Å²) < 4.78 is 24.2. The van der Waals surface area contributed by atoms with Gasteiger partial charge in [-0.25, -0.2) is 4.79 Å². The molecule has 2 atom stereocenters. The van der Waals surface area contributed by atoms with E-state index in [-0.39, 0.29) is 45.5 Å². The summed E-state index contributed by atoms with van der Waals surface area (Å²) in [6.07, 6.45) is 12.6. The molecule has 0 rings (SSSR count). The predicted octanol–water partition coefficient (Wildman–Crippen LogP) is 9.44. The Kier molecular flexibility index (Phi) is 24.8. The van der Waals surface area contributed by atoms with Crippen LogP contribution in [0.15, 0.2) is 0 Å². The monoisotopic (exact) mass is 640 g/mol. The van der Waals surface area contributed by atoms with Crippen LogP contribution >= 0.6 is 0 Å². The van der Waals surface area contributed by atoms with Gasteiger partial charge in [-0.1, -0.05) is 126 Å². The zero-order chi connectivity index (χ0) is 34.0. The van der Waals surface area contributed by atoms with E-state index in [1.165, 1.54) is 0 Å². The molecule has 8 nitrogen and oxygen atoms in total. The minimum Gasteiger partial charge on any atom is -0.465 e. The van der Waals surface area contributed by atoms with Gasteiger partial charge in [-0.05, 0) is 44.9 Å². The fourth-order valence-corrected chi connectivity index (χ4v) is 5.93. The average Bonchev–Trinajstić information content (AvgIpc) is 3.03. The molecule has 0 amide bonds. The van der Waals surface area contributed by atoms with E-state index >= 15 is 0 Å². The van der Waals surface area contributed by atoms with Crippen LogP contribution in [0.2, 0.25) is 0 Å². The first kappa shape index (κ1) is 42.9. The second kappa shape index (κ2) is 26.0. The van der Waals surface area contributed by atoms with Gasteiger partial charge in [0.15, 0.2) is 0 Å². The number of esters is 4. The maximum atomic E-state index is 14.8. The van der Waals surface area contributed by atoms with Crippen LogP contribution in [-0.2, 0) is 38.1 Å². The Bertz CT molecular complexity index is 802. The highest BCUT2D eigenvalue weighted by Crippen LogP contribution is 2.52. The SMILES string of the molecule is CCCCCOC(=O)C(CCCC)C(OC(=O)CCC)(C(=O)OCCCCC)C(CCCC)(CCCC)C(=O)OCCCCC. The van der Waals surface area contributed by atoms with Crippen molar-refractivity contribution in [2.45, 2.75) is 182 Å². The summed E-state index contributed by atoms with van der Waals surface area (Å²) in [5, 5.41) is 0. The van der Waals surface area contributed by atoms with Crippen LogP contribution in [0.1, 0.15) is 177 Å². The largest absolute Gasteiger partial charge is 0.465 e. The number of hydrogen-bond acceptors (Lipinski definition) is 8. The Morgan fingerprint density at radius 1 is 0.511 bits per heavy atom. The fraction of sp³-hybridized carbons (Fsp3) is 0.892. The molecule has 264 valence electrons. The van der Waals surface area contributed by atoms with Gasteiger partial charge >= 0.3 is 23.9 Å². The van der Waals surface area contributed by atoms with E-state index in [1.807, 2.05) is 27.7 Å². The summed E-state index contributed by atoms with van der Waals surface area (Å²) in [5.41, 5.74) is -3.83. The standard InChI is InChI=1S/C37H68O8/c1-8-15-21-28-42-33(39)31(25-18-11-4)37(45-32(38)24-14-7,35(41)44-30-23-17-10-3)36(26-19-12-5,27-20-13-6)34(40)43-29-22-16-9-2/h31H,8-30H2,1-7H3.